The molecule has 2 aromatic heterocycles. The van der Waals surface area contributed by atoms with Gasteiger partial charge in [0, 0.05) is 39.0 Å². The molecule has 0 bridgehead atoms. The first-order valence-corrected chi connectivity index (χ1v) is 17.9. The Labute approximate surface area is 307 Å². The van der Waals surface area contributed by atoms with Gasteiger partial charge >= 0.3 is 0 Å². The van der Waals surface area contributed by atoms with Crippen LogP contribution < -0.4 is 4.90 Å². The smallest absolute Gasteiger partial charge is 0.135 e. The lowest BCUT2D eigenvalue weighted by Gasteiger charge is -2.26. The van der Waals surface area contributed by atoms with Crippen molar-refractivity contribution in [3.05, 3.63) is 200 Å². The van der Waals surface area contributed by atoms with E-state index in [0.29, 0.717) is 0 Å². The van der Waals surface area contributed by atoms with Crippen LogP contribution in [0.1, 0.15) is 0 Å². The molecule has 0 N–H and O–H groups in total. The standard InChI is InChI=1S/C50H33NO2/c1-2-8-40-31-41(18-15-34(40)7-1)37-21-27-45(28-22-37)51(46-29-23-39(24-30-46)50-33-43-10-4-6-12-48(43)53-50)44-25-19-36(20-26-44)35-13-16-38(17-14-35)49-32-42-9-3-5-11-47(42)52-49/h1-33H. The number of benzene rings is 8. The van der Waals surface area contributed by atoms with Crippen molar-refractivity contribution in [1.82, 2.24) is 0 Å². The second-order valence-electron chi connectivity index (χ2n) is 13.4. The van der Waals surface area contributed by atoms with E-state index in [4.69, 9.17) is 8.83 Å². The predicted octanol–water partition coefficient (Wildman–Crippen LogP) is 14.5. The zero-order valence-electron chi connectivity index (χ0n) is 28.8. The Morgan fingerprint density at radius 3 is 1.11 bits per heavy atom. The van der Waals surface area contributed by atoms with E-state index in [1.807, 2.05) is 36.4 Å². The monoisotopic (exact) mass is 679 g/mol. The number of anilines is 3. The molecule has 0 saturated heterocycles. The van der Waals surface area contributed by atoms with Gasteiger partial charge in [0.15, 0.2) is 0 Å². The summed E-state index contributed by atoms with van der Waals surface area (Å²) in [7, 11) is 0. The van der Waals surface area contributed by atoms with Crippen LogP contribution in [0, 0.1) is 0 Å². The van der Waals surface area contributed by atoms with Crippen LogP contribution in [-0.2, 0) is 0 Å². The molecule has 0 spiro atoms. The van der Waals surface area contributed by atoms with E-state index in [2.05, 4.69) is 169 Å². The van der Waals surface area contributed by atoms with Crippen molar-refractivity contribution in [1.29, 1.82) is 0 Å². The molecule has 10 aromatic rings. The van der Waals surface area contributed by atoms with Crippen molar-refractivity contribution in [3.63, 3.8) is 0 Å². The van der Waals surface area contributed by atoms with Gasteiger partial charge in [0.1, 0.15) is 22.7 Å². The fourth-order valence-corrected chi connectivity index (χ4v) is 7.27. The van der Waals surface area contributed by atoms with Crippen LogP contribution in [0.15, 0.2) is 209 Å². The normalized spacial score (nSPS) is 11.4. The van der Waals surface area contributed by atoms with Crippen molar-refractivity contribution in [2.45, 2.75) is 0 Å². The van der Waals surface area contributed by atoms with Gasteiger partial charge in [-0.05, 0) is 112 Å². The highest BCUT2D eigenvalue weighted by molar-refractivity contribution is 5.89. The first-order chi connectivity index (χ1) is 26.2. The van der Waals surface area contributed by atoms with Crippen LogP contribution in [0.3, 0.4) is 0 Å². The minimum Gasteiger partial charge on any atom is -0.456 e. The summed E-state index contributed by atoms with van der Waals surface area (Å²) in [5, 5.41) is 4.70. The maximum atomic E-state index is 6.19. The predicted molar refractivity (Wildman–Crippen MR) is 220 cm³/mol. The summed E-state index contributed by atoms with van der Waals surface area (Å²) in [4.78, 5) is 2.31. The zero-order chi connectivity index (χ0) is 35.1. The minimum atomic E-state index is 0.861. The lowest BCUT2D eigenvalue weighted by molar-refractivity contribution is 0.631. The zero-order valence-corrected chi connectivity index (χ0v) is 28.8. The van der Waals surface area contributed by atoms with Gasteiger partial charge in [0.25, 0.3) is 0 Å². The second kappa shape index (κ2) is 12.9. The summed E-state index contributed by atoms with van der Waals surface area (Å²) >= 11 is 0. The number of hydrogen-bond donors (Lipinski definition) is 0. The number of fused-ring (bicyclic) bond motifs is 3. The van der Waals surface area contributed by atoms with Crippen molar-refractivity contribution in [3.8, 4) is 44.9 Å². The van der Waals surface area contributed by atoms with E-state index < -0.39 is 0 Å². The van der Waals surface area contributed by atoms with E-state index in [9.17, 15) is 0 Å². The Bertz CT molecular complexity index is 2790. The molecule has 8 aromatic carbocycles. The molecule has 0 radical (unpaired) electrons. The maximum absolute atomic E-state index is 6.19. The topological polar surface area (TPSA) is 29.5 Å². The highest BCUT2D eigenvalue weighted by Gasteiger charge is 2.15. The van der Waals surface area contributed by atoms with Gasteiger partial charge in [-0.25, -0.2) is 0 Å². The first kappa shape index (κ1) is 30.7. The molecule has 10 rings (SSSR count). The van der Waals surface area contributed by atoms with E-state index >= 15 is 0 Å². The van der Waals surface area contributed by atoms with Gasteiger partial charge in [-0.3, -0.25) is 0 Å². The third-order valence-corrected chi connectivity index (χ3v) is 10.1. The third kappa shape index (κ3) is 5.85. The summed E-state index contributed by atoms with van der Waals surface area (Å²) in [5.74, 6) is 1.74. The molecule has 0 aliphatic heterocycles. The van der Waals surface area contributed by atoms with Crippen molar-refractivity contribution >= 4 is 49.8 Å². The van der Waals surface area contributed by atoms with Gasteiger partial charge < -0.3 is 13.7 Å². The average molecular weight is 680 g/mol. The molecule has 0 saturated carbocycles. The van der Waals surface area contributed by atoms with Crippen molar-refractivity contribution in [2.24, 2.45) is 0 Å². The molecule has 3 heteroatoms. The number of hydrogen-bond acceptors (Lipinski definition) is 3. The van der Waals surface area contributed by atoms with Crippen LogP contribution in [0.4, 0.5) is 17.1 Å². The van der Waals surface area contributed by atoms with Gasteiger partial charge in [-0.15, -0.1) is 0 Å². The fraction of sp³-hybridized carbons (Fsp3) is 0. The molecule has 0 fully saturated rings. The number of furan rings is 2. The van der Waals surface area contributed by atoms with Gasteiger partial charge in [-0.2, -0.15) is 0 Å². The molecule has 3 nitrogen and oxygen atoms in total. The van der Waals surface area contributed by atoms with E-state index in [1.165, 1.54) is 21.9 Å². The largest absolute Gasteiger partial charge is 0.456 e. The number of nitrogens with zero attached hydrogens (tertiary/aromatic N) is 1. The van der Waals surface area contributed by atoms with Gasteiger partial charge in [0.2, 0.25) is 0 Å². The molecular formula is C50H33NO2. The Balaban J connectivity index is 0.980. The average Bonchev–Trinajstić information content (AvgIpc) is 3.87. The van der Waals surface area contributed by atoms with E-state index in [1.54, 1.807) is 0 Å². The second-order valence-corrected chi connectivity index (χ2v) is 13.4. The van der Waals surface area contributed by atoms with Crippen LogP contribution in [-0.4, -0.2) is 0 Å². The third-order valence-electron chi connectivity index (χ3n) is 10.1. The first-order valence-electron chi connectivity index (χ1n) is 17.9. The van der Waals surface area contributed by atoms with Gasteiger partial charge in [0.05, 0.1) is 0 Å². The summed E-state index contributed by atoms with van der Waals surface area (Å²) in [6.07, 6.45) is 0. The van der Waals surface area contributed by atoms with Crippen LogP contribution >= 0.6 is 0 Å². The molecule has 0 aliphatic rings. The lowest BCUT2D eigenvalue weighted by Crippen LogP contribution is -2.09. The number of rotatable bonds is 7. The summed E-state index contributed by atoms with van der Waals surface area (Å²) in [6.45, 7) is 0. The molecular weight excluding hydrogens is 647 g/mol. The van der Waals surface area contributed by atoms with Crippen LogP contribution in [0.2, 0.25) is 0 Å². The number of para-hydroxylation sites is 2. The molecule has 0 aliphatic carbocycles. The molecule has 0 amide bonds. The van der Waals surface area contributed by atoms with Crippen molar-refractivity contribution in [2.75, 3.05) is 4.90 Å². The van der Waals surface area contributed by atoms with Crippen LogP contribution in [0.5, 0.6) is 0 Å². The minimum absolute atomic E-state index is 0.861. The van der Waals surface area contributed by atoms with Gasteiger partial charge in [-0.1, -0.05) is 121 Å². The van der Waals surface area contributed by atoms with Crippen molar-refractivity contribution < 1.29 is 8.83 Å². The maximum Gasteiger partial charge on any atom is 0.135 e. The Hall–Kier alpha value is -7.10. The molecule has 53 heavy (non-hydrogen) atoms. The molecule has 250 valence electrons. The highest BCUT2D eigenvalue weighted by atomic mass is 16.3. The molecule has 0 unspecified atom stereocenters. The van der Waals surface area contributed by atoms with Crippen LogP contribution in [0.25, 0.3) is 77.6 Å². The fourth-order valence-electron chi connectivity index (χ4n) is 7.27. The van der Waals surface area contributed by atoms with E-state index in [0.717, 1.165) is 72.8 Å². The Morgan fingerprint density at radius 2 is 0.623 bits per heavy atom. The quantitative estimate of drug-likeness (QED) is 0.168. The lowest BCUT2D eigenvalue weighted by atomic mass is 10.0. The summed E-state index contributed by atoms with van der Waals surface area (Å²) < 4.78 is 12.3. The SMILES string of the molecule is c1ccc2cc(-c3ccc(N(c4ccc(-c5ccc(-c6cc7ccccc7o6)cc5)cc4)c4ccc(-c5cc6ccccc6o5)cc4)cc3)ccc2c1. The molecule has 2 heterocycles. The Morgan fingerprint density at radius 1 is 0.264 bits per heavy atom. The summed E-state index contributed by atoms with van der Waals surface area (Å²) in [6, 6.07) is 70.5. The highest BCUT2D eigenvalue weighted by Crippen LogP contribution is 2.39. The summed E-state index contributed by atoms with van der Waals surface area (Å²) in [5.41, 5.74) is 11.8. The Kier molecular flexibility index (Phi) is 7.47. The molecule has 0 atom stereocenters. The van der Waals surface area contributed by atoms with E-state index in [-0.39, 0.29) is 0 Å².